The van der Waals surface area contributed by atoms with Crippen LogP contribution in [0.3, 0.4) is 0 Å². The summed E-state index contributed by atoms with van der Waals surface area (Å²) >= 11 is 0. The largest absolute Gasteiger partial charge is 0.316 e. The standard InChI is InChI=1S/C10H17N.ClH/c1-3-9(4-1)7-10-5-2-6-11-8-10;/h7,10-11H,1-6,8H2;1H. The van der Waals surface area contributed by atoms with Gasteiger partial charge in [-0.2, -0.15) is 0 Å². The second-order valence-corrected chi connectivity index (χ2v) is 3.78. The molecular formula is C10H18ClN. The summed E-state index contributed by atoms with van der Waals surface area (Å²) in [5.74, 6) is 0.860. The predicted octanol–water partition coefficient (Wildman–Crippen LogP) is 2.52. The van der Waals surface area contributed by atoms with Gasteiger partial charge in [-0.05, 0) is 44.6 Å². The van der Waals surface area contributed by atoms with Gasteiger partial charge in [-0.15, -0.1) is 12.4 Å². The first kappa shape index (κ1) is 10.1. The monoisotopic (exact) mass is 187 g/mol. The molecule has 0 spiro atoms. The molecule has 70 valence electrons. The van der Waals surface area contributed by atoms with Crippen LogP contribution in [0.4, 0.5) is 0 Å². The lowest BCUT2D eigenvalue weighted by Gasteiger charge is -2.24. The summed E-state index contributed by atoms with van der Waals surface area (Å²) in [6, 6.07) is 0. The van der Waals surface area contributed by atoms with E-state index in [1.807, 2.05) is 0 Å². The molecule has 2 fully saturated rings. The number of hydrogen-bond acceptors (Lipinski definition) is 1. The summed E-state index contributed by atoms with van der Waals surface area (Å²) in [6.07, 6.45) is 9.51. The van der Waals surface area contributed by atoms with Crippen molar-refractivity contribution in [3.8, 4) is 0 Å². The highest BCUT2D eigenvalue weighted by molar-refractivity contribution is 5.85. The maximum Gasteiger partial charge on any atom is 0.00143 e. The molecule has 0 aromatic rings. The van der Waals surface area contributed by atoms with Crippen LogP contribution >= 0.6 is 12.4 Å². The lowest BCUT2D eigenvalue weighted by atomic mass is 9.87. The van der Waals surface area contributed by atoms with Gasteiger partial charge in [0.2, 0.25) is 0 Å². The fourth-order valence-corrected chi connectivity index (χ4v) is 1.90. The van der Waals surface area contributed by atoms with E-state index in [0.29, 0.717) is 0 Å². The van der Waals surface area contributed by atoms with Crippen LogP contribution in [0, 0.1) is 5.92 Å². The van der Waals surface area contributed by atoms with Crippen molar-refractivity contribution >= 4 is 12.4 Å². The summed E-state index contributed by atoms with van der Waals surface area (Å²) in [4.78, 5) is 0. The average molecular weight is 188 g/mol. The number of nitrogens with one attached hydrogen (secondary N) is 1. The molecule has 1 aliphatic carbocycles. The average Bonchev–Trinajstić information content (AvgIpc) is 1.99. The second-order valence-electron chi connectivity index (χ2n) is 3.78. The minimum absolute atomic E-state index is 0. The summed E-state index contributed by atoms with van der Waals surface area (Å²) in [6.45, 7) is 2.46. The summed E-state index contributed by atoms with van der Waals surface area (Å²) in [7, 11) is 0. The molecule has 0 radical (unpaired) electrons. The Balaban J connectivity index is 0.000000720. The van der Waals surface area contributed by atoms with E-state index >= 15 is 0 Å². The van der Waals surface area contributed by atoms with Crippen molar-refractivity contribution < 1.29 is 0 Å². The first-order chi connectivity index (χ1) is 5.45. The second kappa shape index (κ2) is 4.88. The summed E-state index contributed by atoms with van der Waals surface area (Å²) < 4.78 is 0. The van der Waals surface area contributed by atoms with Gasteiger partial charge in [0, 0.05) is 6.54 Å². The lowest BCUT2D eigenvalue weighted by molar-refractivity contribution is 0.432. The number of halogens is 1. The van der Waals surface area contributed by atoms with Crippen molar-refractivity contribution in [2.75, 3.05) is 13.1 Å². The quantitative estimate of drug-likeness (QED) is 0.623. The fraction of sp³-hybridized carbons (Fsp3) is 0.800. The van der Waals surface area contributed by atoms with Gasteiger partial charge in [-0.25, -0.2) is 0 Å². The van der Waals surface area contributed by atoms with Crippen molar-refractivity contribution in [3.05, 3.63) is 11.6 Å². The van der Waals surface area contributed by atoms with Gasteiger partial charge in [0.1, 0.15) is 0 Å². The lowest BCUT2D eigenvalue weighted by Crippen LogP contribution is -2.29. The van der Waals surface area contributed by atoms with Crippen molar-refractivity contribution in [1.29, 1.82) is 0 Å². The van der Waals surface area contributed by atoms with E-state index in [4.69, 9.17) is 0 Å². The molecule has 0 aromatic heterocycles. The van der Waals surface area contributed by atoms with Gasteiger partial charge in [-0.1, -0.05) is 11.6 Å². The molecule has 1 nitrogen and oxygen atoms in total. The maximum atomic E-state index is 3.44. The van der Waals surface area contributed by atoms with E-state index in [-0.39, 0.29) is 12.4 Å². The van der Waals surface area contributed by atoms with Crippen LogP contribution in [-0.4, -0.2) is 13.1 Å². The molecule has 1 aliphatic heterocycles. The zero-order valence-corrected chi connectivity index (χ0v) is 8.33. The molecule has 0 aromatic carbocycles. The normalized spacial score (nSPS) is 28.7. The van der Waals surface area contributed by atoms with E-state index < -0.39 is 0 Å². The Morgan fingerprint density at radius 3 is 2.58 bits per heavy atom. The fourth-order valence-electron chi connectivity index (χ4n) is 1.90. The van der Waals surface area contributed by atoms with Gasteiger partial charge < -0.3 is 5.32 Å². The molecule has 2 heteroatoms. The van der Waals surface area contributed by atoms with E-state index in [0.717, 1.165) is 5.92 Å². The highest BCUT2D eigenvalue weighted by Crippen LogP contribution is 2.27. The van der Waals surface area contributed by atoms with E-state index in [1.165, 1.54) is 45.2 Å². The number of allylic oxidation sites excluding steroid dienone is 1. The maximum absolute atomic E-state index is 3.44. The molecule has 1 saturated carbocycles. The third-order valence-electron chi connectivity index (χ3n) is 2.80. The van der Waals surface area contributed by atoms with Gasteiger partial charge in [0.15, 0.2) is 0 Å². The zero-order chi connectivity index (χ0) is 7.52. The van der Waals surface area contributed by atoms with Crippen molar-refractivity contribution in [2.45, 2.75) is 32.1 Å². The van der Waals surface area contributed by atoms with Crippen LogP contribution in [0.1, 0.15) is 32.1 Å². The minimum Gasteiger partial charge on any atom is -0.316 e. The molecule has 0 amide bonds. The molecule has 1 heterocycles. The SMILES string of the molecule is C(=C1CCC1)C1CCCNC1.Cl. The highest BCUT2D eigenvalue weighted by Gasteiger charge is 2.14. The molecule has 1 N–H and O–H groups in total. The first-order valence-corrected chi connectivity index (χ1v) is 4.85. The molecule has 2 rings (SSSR count). The Kier molecular flexibility index (Phi) is 4.10. The molecule has 0 bridgehead atoms. The first-order valence-electron chi connectivity index (χ1n) is 4.85. The summed E-state index contributed by atoms with van der Waals surface area (Å²) in [5.41, 5.74) is 1.72. The van der Waals surface area contributed by atoms with Crippen LogP contribution < -0.4 is 5.32 Å². The van der Waals surface area contributed by atoms with Crippen LogP contribution in [0.5, 0.6) is 0 Å². The molecule has 1 atom stereocenters. The predicted molar refractivity (Wildman–Crippen MR) is 54.8 cm³/mol. The van der Waals surface area contributed by atoms with Gasteiger partial charge in [0.25, 0.3) is 0 Å². The van der Waals surface area contributed by atoms with E-state index in [9.17, 15) is 0 Å². The van der Waals surface area contributed by atoms with E-state index in [2.05, 4.69) is 11.4 Å². The van der Waals surface area contributed by atoms with Crippen molar-refractivity contribution in [2.24, 2.45) is 5.92 Å². The minimum atomic E-state index is 0. The molecule has 12 heavy (non-hydrogen) atoms. The number of piperidine rings is 1. The molecule has 1 unspecified atom stereocenters. The summed E-state index contributed by atoms with van der Waals surface area (Å²) in [5, 5.41) is 3.44. The Morgan fingerprint density at radius 1 is 1.25 bits per heavy atom. The van der Waals surface area contributed by atoms with Gasteiger partial charge in [0.05, 0.1) is 0 Å². The van der Waals surface area contributed by atoms with Gasteiger partial charge >= 0.3 is 0 Å². The van der Waals surface area contributed by atoms with Gasteiger partial charge in [-0.3, -0.25) is 0 Å². The topological polar surface area (TPSA) is 12.0 Å². The number of hydrogen-bond donors (Lipinski definition) is 1. The van der Waals surface area contributed by atoms with Crippen molar-refractivity contribution in [1.82, 2.24) is 5.32 Å². The smallest absolute Gasteiger partial charge is 0.00143 e. The highest BCUT2D eigenvalue weighted by atomic mass is 35.5. The Bertz CT molecular complexity index is 153. The Labute approximate surface area is 81.0 Å². The van der Waals surface area contributed by atoms with Crippen LogP contribution in [-0.2, 0) is 0 Å². The molecule has 2 aliphatic rings. The Morgan fingerprint density at radius 2 is 2.08 bits per heavy atom. The van der Waals surface area contributed by atoms with Crippen molar-refractivity contribution in [3.63, 3.8) is 0 Å². The van der Waals surface area contributed by atoms with Crippen LogP contribution in [0.15, 0.2) is 11.6 Å². The van der Waals surface area contributed by atoms with E-state index in [1.54, 1.807) is 5.57 Å². The Hall–Kier alpha value is -0.0100. The third-order valence-corrected chi connectivity index (χ3v) is 2.80. The molecular weight excluding hydrogens is 170 g/mol. The number of rotatable bonds is 1. The van der Waals surface area contributed by atoms with Crippen LogP contribution in [0.2, 0.25) is 0 Å². The zero-order valence-electron chi connectivity index (χ0n) is 7.51. The van der Waals surface area contributed by atoms with Crippen LogP contribution in [0.25, 0.3) is 0 Å². The third kappa shape index (κ3) is 2.49. The molecule has 1 saturated heterocycles.